The van der Waals surface area contributed by atoms with Gasteiger partial charge in [0.2, 0.25) is 0 Å². The van der Waals surface area contributed by atoms with Gasteiger partial charge in [-0.1, -0.05) is 18.9 Å². The predicted molar refractivity (Wildman–Crippen MR) is 64.9 cm³/mol. The predicted octanol–water partition coefficient (Wildman–Crippen LogP) is 2.44. The zero-order chi connectivity index (χ0) is 11.2. The van der Waals surface area contributed by atoms with Gasteiger partial charge in [0.25, 0.3) is 5.91 Å². The minimum atomic E-state index is 0.00465. The number of nitrogens with one attached hydrogen (secondary N) is 1. The van der Waals surface area contributed by atoms with E-state index in [1.165, 1.54) is 37.0 Å². The largest absolute Gasteiger partial charge is 0.376 e. The lowest BCUT2D eigenvalue weighted by molar-refractivity contribution is 0.0582. The van der Waals surface area contributed by atoms with Gasteiger partial charge in [-0.05, 0) is 24.3 Å². The molecule has 1 aliphatic carbocycles. The van der Waals surface area contributed by atoms with Gasteiger partial charge in [0.05, 0.1) is 17.6 Å². The number of hydrogen-bond acceptors (Lipinski definition) is 3. The molecule has 4 heteroatoms. The molecule has 2 rings (SSSR count). The Balaban J connectivity index is 1.59. The minimum absolute atomic E-state index is 0.00465. The topological polar surface area (TPSA) is 38.3 Å². The molecule has 1 aromatic heterocycles. The van der Waals surface area contributed by atoms with Crippen molar-refractivity contribution >= 4 is 17.2 Å². The van der Waals surface area contributed by atoms with E-state index in [2.05, 4.69) is 5.32 Å². The summed E-state index contributed by atoms with van der Waals surface area (Å²) in [6.45, 7) is 1.23. The molecule has 16 heavy (non-hydrogen) atoms. The third kappa shape index (κ3) is 3.32. The lowest BCUT2D eigenvalue weighted by Gasteiger charge is -2.11. The average molecular weight is 239 g/mol. The van der Waals surface area contributed by atoms with Crippen molar-refractivity contribution in [3.63, 3.8) is 0 Å². The second-order valence-electron chi connectivity index (χ2n) is 4.01. The van der Waals surface area contributed by atoms with Gasteiger partial charge in [0, 0.05) is 6.54 Å². The van der Waals surface area contributed by atoms with Crippen LogP contribution in [0.3, 0.4) is 0 Å². The maximum atomic E-state index is 11.5. The van der Waals surface area contributed by atoms with Gasteiger partial charge in [-0.15, -0.1) is 11.3 Å². The quantitative estimate of drug-likeness (QED) is 0.801. The molecule has 0 aliphatic heterocycles. The zero-order valence-electron chi connectivity index (χ0n) is 9.28. The summed E-state index contributed by atoms with van der Waals surface area (Å²) in [6.07, 6.45) is 5.36. The van der Waals surface area contributed by atoms with E-state index in [4.69, 9.17) is 4.74 Å². The third-order valence-electron chi connectivity index (χ3n) is 2.79. The summed E-state index contributed by atoms with van der Waals surface area (Å²) in [7, 11) is 0. The first-order valence-electron chi connectivity index (χ1n) is 5.79. The molecule has 0 aromatic carbocycles. The second-order valence-corrected chi connectivity index (χ2v) is 4.96. The summed E-state index contributed by atoms with van der Waals surface area (Å²) in [5, 5.41) is 4.76. The normalized spacial score (nSPS) is 16.5. The van der Waals surface area contributed by atoms with Gasteiger partial charge < -0.3 is 10.1 Å². The number of carbonyl (C=O) groups is 1. The Morgan fingerprint density at radius 3 is 3.00 bits per heavy atom. The van der Waals surface area contributed by atoms with Gasteiger partial charge in [0.15, 0.2) is 0 Å². The molecule has 1 heterocycles. The van der Waals surface area contributed by atoms with E-state index in [9.17, 15) is 4.79 Å². The Morgan fingerprint density at radius 1 is 1.50 bits per heavy atom. The van der Waals surface area contributed by atoms with Crippen molar-refractivity contribution in [3.05, 3.63) is 22.4 Å². The Bertz CT molecular complexity index is 318. The summed E-state index contributed by atoms with van der Waals surface area (Å²) in [6, 6.07) is 3.71. The molecule has 3 nitrogen and oxygen atoms in total. The summed E-state index contributed by atoms with van der Waals surface area (Å²) < 4.78 is 5.66. The van der Waals surface area contributed by atoms with Gasteiger partial charge in [0.1, 0.15) is 0 Å². The highest BCUT2D eigenvalue weighted by Crippen LogP contribution is 2.20. The lowest BCUT2D eigenvalue weighted by Crippen LogP contribution is -2.27. The van der Waals surface area contributed by atoms with Crippen molar-refractivity contribution in [3.8, 4) is 0 Å². The number of carbonyl (C=O) groups excluding carboxylic acids is 1. The van der Waals surface area contributed by atoms with E-state index >= 15 is 0 Å². The molecule has 1 N–H and O–H groups in total. The van der Waals surface area contributed by atoms with Gasteiger partial charge in [-0.25, -0.2) is 0 Å². The maximum absolute atomic E-state index is 11.5. The van der Waals surface area contributed by atoms with Crippen LogP contribution in [0, 0.1) is 0 Å². The number of ether oxygens (including phenoxy) is 1. The average Bonchev–Trinajstić information content (AvgIpc) is 2.96. The van der Waals surface area contributed by atoms with Crippen LogP contribution in [0.5, 0.6) is 0 Å². The van der Waals surface area contributed by atoms with Crippen molar-refractivity contribution in [2.45, 2.75) is 31.8 Å². The highest BCUT2D eigenvalue weighted by molar-refractivity contribution is 7.12. The first kappa shape index (κ1) is 11.6. The molecule has 0 spiro atoms. The standard InChI is InChI=1S/C12H17NO2S/c14-12(11-6-3-9-16-11)13-7-8-15-10-4-1-2-5-10/h3,6,9-10H,1-2,4-5,7-8H2,(H,13,14). The number of rotatable bonds is 5. The van der Waals surface area contributed by atoms with Crippen LogP contribution in [-0.2, 0) is 4.74 Å². The SMILES string of the molecule is O=C(NCCOC1CCCC1)c1cccs1. The van der Waals surface area contributed by atoms with E-state index < -0.39 is 0 Å². The molecule has 0 saturated heterocycles. The fourth-order valence-electron chi connectivity index (χ4n) is 1.94. The highest BCUT2D eigenvalue weighted by atomic mass is 32.1. The lowest BCUT2D eigenvalue weighted by atomic mass is 10.3. The second kappa shape index (κ2) is 6.01. The third-order valence-corrected chi connectivity index (χ3v) is 3.66. The van der Waals surface area contributed by atoms with Crippen molar-refractivity contribution in [2.75, 3.05) is 13.2 Å². The van der Waals surface area contributed by atoms with Crippen LogP contribution in [0.1, 0.15) is 35.4 Å². The van der Waals surface area contributed by atoms with Crippen molar-refractivity contribution in [1.29, 1.82) is 0 Å². The van der Waals surface area contributed by atoms with E-state index in [1.54, 1.807) is 0 Å². The summed E-state index contributed by atoms with van der Waals surface area (Å²) in [4.78, 5) is 12.3. The van der Waals surface area contributed by atoms with Crippen LogP contribution in [0.2, 0.25) is 0 Å². The Labute approximate surface area is 99.8 Å². The van der Waals surface area contributed by atoms with Gasteiger partial charge >= 0.3 is 0 Å². The molecular weight excluding hydrogens is 222 g/mol. The first-order valence-corrected chi connectivity index (χ1v) is 6.67. The molecule has 1 aliphatic rings. The van der Waals surface area contributed by atoms with E-state index in [-0.39, 0.29) is 5.91 Å². The fourth-order valence-corrected chi connectivity index (χ4v) is 2.58. The first-order chi connectivity index (χ1) is 7.86. The van der Waals surface area contributed by atoms with Crippen molar-refractivity contribution in [2.24, 2.45) is 0 Å². The number of thiophene rings is 1. The maximum Gasteiger partial charge on any atom is 0.261 e. The molecule has 1 fully saturated rings. The van der Waals surface area contributed by atoms with Gasteiger partial charge in [-0.2, -0.15) is 0 Å². The van der Waals surface area contributed by atoms with Crippen LogP contribution in [0.4, 0.5) is 0 Å². The monoisotopic (exact) mass is 239 g/mol. The number of hydrogen-bond donors (Lipinski definition) is 1. The number of amides is 1. The van der Waals surface area contributed by atoms with Crippen molar-refractivity contribution in [1.82, 2.24) is 5.32 Å². The summed E-state index contributed by atoms with van der Waals surface area (Å²) in [5.74, 6) is 0.00465. The molecular formula is C12H17NO2S. The van der Waals surface area contributed by atoms with Gasteiger partial charge in [-0.3, -0.25) is 4.79 Å². The molecule has 88 valence electrons. The van der Waals surface area contributed by atoms with Crippen molar-refractivity contribution < 1.29 is 9.53 Å². The Hall–Kier alpha value is -0.870. The molecule has 1 amide bonds. The van der Waals surface area contributed by atoms with E-state index in [1.807, 2.05) is 17.5 Å². The molecule has 0 bridgehead atoms. The fraction of sp³-hybridized carbons (Fsp3) is 0.583. The smallest absolute Gasteiger partial charge is 0.261 e. The van der Waals surface area contributed by atoms with Crippen LogP contribution in [0.15, 0.2) is 17.5 Å². The zero-order valence-corrected chi connectivity index (χ0v) is 10.1. The molecule has 1 aromatic rings. The molecule has 0 atom stereocenters. The summed E-state index contributed by atoms with van der Waals surface area (Å²) >= 11 is 1.46. The van der Waals surface area contributed by atoms with Crippen LogP contribution in [0.25, 0.3) is 0 Å². The van der Waals surface area contributed by atoms with Crippen LogP contribution in [-0.4, -0.2) is 25.2 Å². The summed E-state index contributed by atoms with van der Waals surface area (Å²) in [5.41, 5.74) is 0. The highest BCUT2D eigenvalue weighted by Gasteiger charge is 2.14. The Kier molecular flexibility index (Phi) is 4.36. The minimum Gasteiger partial charge on any atom is -0.376 e. The molecule has 1 saturated carbocycles. The van der Waals surface area contributed by atoms with E-state index in [0.29, 0.717) is 19.3 Å². The van der Waals surface area contributed by atoms with Crippen LogP contribution >= 0.6 is 11.3 Å². The molecule has 0 unspecified atom stereocenters. The van der Waals surface area contributed by atoms with Crippen LogP contribution < -0.4 is 5.32 Å². The Morgan fingerprint density at radius 2 is 2.31 bits per heavy atom. The molecule has 0 radical (unpaired) electrons. The van der Waals surface area contributed by atoms with E-state index in [0.717, 1.165) is 4.88 Å².